The Hall–Kier alpha value is -1.16. The molecular weight excluding hydrogens is 190 g/mol. The lowest BCUT2D eigenvalue weighted by Gasteiger charge is -2.17. The van der Waals surface area contributed by atoms with Gasteiger partial charge >= 0.3 is 0 Å². The number of nitrogens with zero attached hydrogens (tertiary/aromatic N) is 2. The summed E-state index contributed by atoms with van der Waals surface area (Å²) in [5.41, 5.74) is 0.883. The fraction of sp³-hybridized carbons (Fsp3) is 0.636. The first kappa shape index (κ1) is 9.09. The van der Waals surface area contributed by atoms with Crippen molar-refractivity contribution in [2.45, 2.75) is 19.4 Å². The van der Waals surface area contributed by atoms with E-state index >= 15 is 0 Å². The Morgan fingerprint density at radius 2 is 2.40 bits per heavy atom. The molecule has 0 amide bonds. The summed E-state index contributed by atoms with van der Waals surface area (Å²) in [5, 5.41) is 10.2. The molecular formula is C11H15N3O. The van der Waals surface area contributed by atoms with E-state index in [0.29, 0.717) is 6.61 Å². The Balaban J connectivity index is 1.45. The van der Waals surface area contributed by atoms with Gasteiger partial charge in [-0.1, -0.05) is 17.4 Å². The molecule has 4 nitrogen and oxygen atoms in total. The van der Waals surface area contributed by atoms with Gasteiger partial charge in [0.25, 0.3) is 0 Å². The second-order valence-corrected chi connectivity index (χ2v) is 4.52. The molecule has 1 N–H and O–H groups in total. The number of nitrogens with one attached hydrogen (secondary N) is 1. The quantitative estimate of drug-likeness (QED) is 0.758. The molecule has 80 valence electrons. The number of fused-ring (bicyclic) bond motifs is 2. The van der Waals surface area contributed by atoms with Crippen molar-refractivity contribution in [3.05, 3.63) is 24.0 Å². The predicted molar refractivity (Wildman–Crippen MR) is 54.9 cm³/mol. The van der Waals surface area contributed by atoms with E-state index in [4.69, 9.17) is 4.74 Å². The molecule has 1 aromatic rings. The van der Waals surface area contributed by atoms with Crippen molar-refractivity contribution in [1.29, 1.82) is 0 Å². The van der Waals surface area contributed by atoms with E-state index in [1.165, 1.54) is 12.8 Å². The minimum atomic E-state index is 0.577. The fourth-order valence-electron chi connectivity index (χ4n) is 2.70. The molecule has 3 atom stereocenters. The summed E-state index contributed by atoms with van der Waals surface area (Å²) < 4.78 is 5.66. The lowest BCUT2D eigenvalue weighted by atomic mass is 9.95. The number of allylic oxidation sites excluding steroid dienone is 2. The van der Waals surface area contributed by atoms with Crippen LogP contribution < -0.4 is 0 Å². The zero-order valence-corrected chi connectivity index (χ0v) is 8.60. The summed E-state index contributed by atoms with van der Waals surface area (Å²) in [6.07, 6.45) is 9.15. The number of H-pyrrole nitrogens is 1. The summed E-state index contributed by atoms with van der Waals surface area (Å²) in [4.78, 5) is 0. The summed E-state index contributed by atoms with van der Waals surface area (Å²) >= 11 is 0. The van der Waals surface area contributed by atoms with E-state index in [0.717, 1.165) is 30.1 Å². The molecule has 2 bridgehead atoms. The highest BCUT2D eigenvalue weighted by atomic mass is 16.5. The third-order valence-corrected chi connectivity index (χ3v) is 3.47. The van der Waals surface area contributed by atoms with Crippen molar-refractivity contribution >= 4 is 0 Å². The molecule has 1 aromatic heterocycles. The van der Waals surface area contributed by atoms with E-state index in [1.807, 2.05) is 0 Å². The van der Waals surface area contributed by atoms with Crippen molar-refractivity contribution in [2.24, 2.45) is 17.8 Å². The van der Waals surface area contributed by atoms with Crippen LogP contribution in [0, 0.1) is 17.8 Å². The largest absolute Gasteiger partial charge is 0.375 e. The van der Waals surface area contributed by atoms with Gasteiger partial charge in [-0.3, -0.25) is 5.10 Å². The molecule has 0 aromatic carbocycles. The first-order valence-corrected chi connectivity index (χ1v) is 5.53. The Labute approximate surface area is 88.7 Å². The summed E-state index contributed by atoms with van der Waals surface area (Å²) in [6, 6.07) is 0. The number of ether oxygens (including phenoxy) is 1. The van der Waals surface area contributed by atoms with Gasteiger partial charge in [-0.15, -0.1) is 5.10 Å². The summed E-state index contributed by atoms with van der Waals surface area (Å²) in [7, 11) is 0. The van der Waals surface area contributed by atoms with Crippen LogP contribution in [0.15, 0.2) is 18.3 Å². The number of hydrogen-bond donors (Lipinski definition) is 1. The molecule has 2 aliphatic rings. The first-order chi connectivity index (χ1) is 7.42. The maximum absolute atomic E-state index is 5.66. The molecule has 15 heavy (non-hydrogen) atoms. The molecule has 0 saturated heterocycles. The number of aromatic amines is 1. The number of rotatable bonds is 4. The highest BCUT2D eigenvalue weighted by Gasteiger charge is 2.35. The normalized spacial score (nSPS) is 32.7. The van der Waals surface area contributed by atoms with Gasteiger partial charge in [-0.2, -0.15) is 0 Å². The fourth-order valence-corrected chi connectivity index (χ4v) is 2.70. The lowest BCUT2D eigenvalue weighted by Crippen LogP contribution is -2.14. The molecule has 1 heterocycles. The van der Waals surface area contributed by atoms with Crippen LogP contribution in [0.2, 0.25) is 0 Å². The Morgan fingerprint density at radius 1 is 1.40 bits per heavy atom. The average Bonchev–Trinajstić information content (AvgIpc) is 2.93. The second kappa shape index (κ2) is 3.77. The van der Waals surface area contributed by atoms with Gasteiger partial charge in [0.05, 0.1) is 13.2 Å². The van der Waals surface area contributed by atoms with Crippen LogP contribution >= 0.6 is 0 Å². The Bertz CT molecular complexity index is 347. The van der Waals surface area contributed by atoms with Gasteiger partial charge in [0.1, 0.15) is 5.69 Å². The van der Waals surface area contributed by atoms with Gasteiger partial charge in [-0.25, -0.2) is 0 Å². The first-order valence-electron chi connectivity index (χ1n) is 5.53. The van der Waals surface area contributed by atoms with Crippen LogP contribution in [0.1, 0.15) is 18.5 Å². The third kappa shape index (κ3) is 1.81. The monoisotopic (exact) mass is 205 g/mol. The maximum atomic E-state index is 5.66. The van der Waals surface area contributed by atoms with Crippen LogP contribution in [0.25, 0.3) is 0 Å². The predicted octanol–water partition coefficient (Wildman–Crippen LogP) is 1.53. The summed E-state index contributed by atoms with van der Waals surface area (Å²) in [6.45, 7) is 1.44. The number of aromatic nitrogens is 3. The molecule has 4 heteroatoms. The van der Waals surface area contributed by atoms with E-state index in [2.05, 4.69) is 27.6 Å². The SMILES string of the molecule is C1=C[C@@H]2CC1C(COCc1c[nH]nn1)C2. The lowest BCUT2D eigenvalue weighted by molar-refractivity contribution is 0.0768. The van der Waals surface area contributed by atoms with E-state index < -0.39 is 0 Å². The molecule has 0 spiro atoms. The van der Waals surface area contributed by atoms with Gasteiger partial charge in [-0.05, 0) is 30.6 Å². The molecule has 1 fully saturated rings. The van der Waals surface area contributed by atoms with Crippen molar-refractivity contribution in [2.75, 3.05) is 6.61 Å². The molecule has 3 rings (SSSR count). The van der Waals surface area contributed by atoms with Crippen molar-refractivity contribution in [3.63, 3.8) is 0 Å². The molecule has 1 saturated carbocycles. The van der Waals surface area contributed by atoms with Crippen molar-refractivity contribution < 1.29 is 4.74 Å². The zero-order chi connectivity index (χ0) is 10.1. The van der Waals surface area contributed by atoms with Gasteiger partial charge in [0.2, 0.25) is 0 Å². The van der Waals surface area contributed by atoms with E-state index in [1.54, 1.807) is 6.20 Å². The Morgan fingerprint density at radius 3 is 3.07 bits per heavy atom. The van der Waals surface area contributed by atoms with Crippen LogP contribution in [0.5, 0.6) is 0 Å². The summed E-state index contributed by atoms with van der Waals surface area (Å²) in [5.74, 6) is 2.33. The van der Waals surface area contributed by atoms with Crippen molar-refractivity contribution in [1.82, 2.24) is 15.4 Å². The highest BCUT2D eigenvalue weighted by Crippen LogP contribution is 2.43. The highest BCUT2D eigenvalue weighted by molar-refractivity contribution is 5.10. The van der Waals surface area contributed by atoms with Crippen molar-refractivity contribution in [3.8, 4) is 0 Å². The topological polar surface area (TPSA) is 50.8 Å². The van der Waals surface area contributed by atoms with Gasteiger partial charge in [0, 0.05) is 6.20 Å². The van der Waals surface area contributed by atoms with Gasteiger partial charge < -0.3 is 4.74 Å². The zero-order valence-electron chi connectivity index (χ0n) is 8.60. The van der Waals surface area contributed by atoms with Crippen LogP contribution in [0.4, 0.5) is 0 Å². The maximum Gasteiger partial charge on any atom is 0.108 e. The molecule has 2 aliphatic carbocycles. The minimum absolute atomic E-state index is 0.577. The number of hydrogen-bond acceptors (Lipinski definition) is 3. The van der Waals surface area contributed by atoms with Crippen LogP contribution in [-0.4, -0.2) is 22.0 Å². The van der Waals surface area contributed by atoms with E-state index in [9.17, 15) is 0 Å². The molecule has 0 aliphatic heterocycles. The molecule has 0 radical (unpaired) electrons. The van der Waals surface area contributed by atoms with Gasteiger partial charge in [0.15, 0.2) is 0 Å². The standard InChI is InChI=1S/C11H15N3O/c1-2-9-3-8(1)4-10(9)6-15-7-11-5-12-14-13-11/h1-2,5,8-10H,3-4,6-7H2,(H,12,13,14)/t8-,9?,10?/m1/s1. The molecule has 2 unspecified atom stereocenters. The Kier molecular flexibility index (Phi) is 2.29. The second-order valence-electron chi connectivity index (χ2n) is 4.52. The average molecular weight is 205 g/mol. The van der Waals surface area contributed by atoms with Crippen LogP contribution in [-0.2, 0) is 11.3 Å². The third-order valence-electron chi connectivity index (χ3n) is 3.47. The smallest absolute Gasteiger partial charge is 0.108 e. The minimum Gasteiger partial charge on any atom is -0.375 e. The van der Waals surface area contributed by atoms with E-state index in [-0.39, 0.29) is 0 Å². The van der Waals surface area contributed by atoms with Crippen LogP contribution in [0.3, 0.4) is 0 Å².